The van der Waals surface area contributed by atoms with Crippen LogP contribution >= 0.6 is 0 Å². The van der Waals surface area contributed by atoms with Crippen LogP contribution in [0.1, 0.15) is 16.7 Å². The van der Waals surface area contributed by atoms with E-state index in [1.165, 1.54) is 7.11 Å². The fourth-order valence-corrected chi connectivity index (χ4v) is 3.19. The van der Waals surface area contributed by atoms with Gasteiger partial charge in [0.05, 0.1) is 18.4 Å². The maximum Gasteiger partial charge on any atom is 0.356 e. The molecule has 0 radical (unpaired) electrons. The Morgan fingerprint density at radius 1 is 1.17 bits per heavy atom. The van der Waals surface area contributed by atoms with Crippen molar-refractivity contribution in [3.05, 3.63) is 40.1 Å². The predicted octanol–water partition coefficient (Wildman–Crippen LogP) is 0.389. The molecule has 7 nitrogen and oxygen atoms in total. The number of nitrogens with zero attached hydrogens (tertiary/aromatic N) is 1. The summed E-state index contributed by atoms with van der Waals surface area (Å²) in [7, 11) is 1.22. The smallest absolute Gasteiger partial charge is 0.356 e. The molecule has 2 aliphatic heterocycles. The normalized spacial score (nSPS) is 20.0. The van der Waals surface area contributed by atoms with E-state index in [2.05, 4.69) is 15.6 Å². The summed E-state index contributed by atoms with van der Waals surface area (Å²) in [6.45, 7) is 5.66. The van der Waals surface area contributed by atoms with Gasteiger partial charge in [-0.25, -0.2) is 15.1 Å². The van der Waals surface area contributed by atoms with Gasteiger partial charge in [0, 0.05) is 0 Å². The van der Waals surface area contributed by atoms with E-state index in [0.29, 0.717) is 5.69 Å². The number of hydrogen-bond acceptors (Lipinski definition) is 6. The number of carbonyl (C=O) groups excluding carboxylic acids is 3. The Hall–Kier alpha value is -2.67. The first kappa shape index (κ1) is 15.2. The van der Waals surface area contributed by atoms with Gasteiger partial charge in [0.25, 0.3) is 11.8 Å². The van der Waals surface area contributed by atoms with Crippen molar-refractivity contribution in [2.45, 2.75) is 26.8 Å². The average Bonchev–Trinajstić information content (AvgIpc) is 3.01. The Labute approximate surface area is 133 Å². The van der Waals surface area contributed by atoms with E-state index in [9.17, 15) is 14.4 Å². The van der Waals surface area contributed by atoms with Gasteiger partial charge < -0.3 is 10.2 Å². The molecule has 1 atom stereocenters. The third-order valence-corrected chi connectivity index (χ3v) is 4.05. The van der Waals surface area contributed by atoms with Crippen LogP contribution in [0, 0.1) is 20.8 Å². The summed E-state index contributed by atoms with van der Waals surface area (Å²) in [5, 5.41) is 0. The minimum Gasteiger partial charge on any atom is -0.464 e. The molecule has 1 aromatic carbocycles. The molecule has 2 aliphatic rings. The number of ether oxygens (including phenoxy) is 1. The van der Waals surface area contributed by atoms with Gasteiger partial charge in [-0.1, -0.05) is 17.7 Å². The largest absolute Gasteiger partial charge is 0.464 e. The van der Waals surface area contributed by atoms with E-state index < -0.39 is 23.8 Å². The van der Waals surface area contributed by atoms with Crippen LogP contribution in [0.5, 0.6) is 0 Å². The number of anilines is 1. The van der Waals surface area contributed by atoms with Gasteiger partial charge in [-0.05, 0) is 31.9 Å². The number of esters is 1. The predicted molar refractivity (Wildman–Crippen MR) is 82.2 cm³/mol. The van der Waals surface area contributed by atoms with Crippen molar-refractivity contribution in [1.29, 1.82) is 0 Å². The fraction of sp³-hybridized carbons (Fsp3) is 0.312. The second-order valence-corrected chi connectivity index (χ2v) is 5.71. The maximum absolute atomic E-state index is 12.8. The Kier molecular flexibility index (Phi) is 3.45. The Bertz CT molecular complexity index is 759. The minimum atomic E-state index is -0.878. The highest BCUT2D eigenvalue weighted by molar-refractivity contribution is 6.33. The highest BCUT2D eigenvalue weighted by atomic mass is 16.5. The van der Waals surface area contributed by atoms with Gasteiger partial charge in [0.1, 0.15) is 11.7 Å². The molecule has 2 amide bonds. The molecule has 120 valence electrons. The number of rotatable bonds is 2. The van der Waals surface area contributed by atoms with Gasteiger partial charge >= 0.3 is 5.97 Å². The SMILES string of the molecule is COC(=O)C1=C2C(=O)N(c3c(C)cc(C)cc3C)C(=O)C2NN1. The number of imide groups is 1. The van der Waals surface area contributed by atoms with Crippen molar-refractivity contribution in [3.63, 3.8) is 0 Å². The molecule has 0 bridgehead atoms. The highest BCUT2D eigenvalue weighted by Crippen LogP contribution is 2.34. The average molecular weight is 315 g/mol. The Balaban J connectivity index is 2.13. The Morgan fingerprint density at radius 3 is 2.35 bits per heavy atom. The molecule has 7 heteroatoms. The number of aryl methyl sites for hydroxylation is 3. The lowest BCUT2D eigenvalue weighted by molar-refractivity contribution is -0.137. The molecule has 0 aromatic heterocycles. The van der Waals surface area contributed by atoms with Crippen LogP contribution in [0.3, 0.4) is 0 Å². The van der Waals surface area contributed by atoms with E-state index in [1.54, 1.807) is 0 Å². The molecule has 1 aromatic rings. The number of hydrogen-bond donors (Lipinski definition) is 2. The lowest BCUT2D eigenvalue weighted by Gasteiger charge is -2.21. The van der Waals surface area contributed by atoms with Gasteiger partial charge in [-0.15, -0.1) is 0 Å². The second-order valence-electron chi connectivity index (χ2n) is 5.71. The molecular formula is C16H17N3O4. The van der Waals surface area contributed by atoms with Crippen molar-refractivity contribution >= 4 is 23.5 Å². The van der Waals surface area contributed by atoms with Crippen molar-refractivity contribution in [3.8, 4) is 0 Å². The van der Waals surface area contributed by atoms with Crippen LogP contribution in [0.15, 0.2) is 23.4 Å². The molecule has 2 heterocycles. The molecule has 3 rings (SSSR count). The molecule has 0 aliphatic carbocycles. The number of methoxy groups -OCH3 is 1. The van der Waals surface area contributed by atoms with Crippen LogP contribution in [0.4, 0.5) is 5.69 Å². The molecule has 1 unspecified atom stereocenters. The van der Waals surface area contributed by atoms with Gasteiger partial charge in [0.15, 0.2) is 0 Å². The first-order valence-electron chi connectivity index (χ1n) is 7.17. The molecule has 0 spiro atoms. The van der Waals surface area contributed by atoms with Crippen molar-refractivity contribution in [2.24, 2.45) is 0 Å². The number of benzene rings is 1. The van der Waals surface area contributed by atoms with Crippen molar-refractivity contribution in [2.75, 3.05) is 12.0 Å². The van der Waals surface area contributed by atoms with E-state index in [4.69, 9.17) is 0 Å². The van der Waals surface area contributed by atoms with Crippen LogP contribution in [0.25, 0.3) is 0 Å². The quantitative estimate of drug-likeness (QED) is 0.606. The standard InChI is InChI=1S/C16H17N3O4/c1-7-5-8(2)13(9(3)6-7)19-14(20)10-11(15(19)21)17-18-12(10)16(22)23-4/h5-6,11,17-18H,1-4H3. The lowest BCUT2D eigenvalue weighted by atomic mass is 10.0. The molecule has 1 fully saturated rings. The second kappa shape index (κ2) is 5.20. The molecule has 1 saturated heterocycles. The lowest BCUT2D eigenvalue weighted by Crippen LogP contribution is -2.43. The molecule has 0 saturated carbocycles. The Morgan fingerprint density at radius 2 is 1.78 bits per heavy atom. The summed E-state index contributed by atoms with van der Waals surface area (Å²) in [6, 6.07) is 2.95. The number of hydrazine groups is 1. The number of amides is 2. The zero-order chi connectivity index (χ0) is 16.9. The fourth-order valence-electron chi connectivity index (χ4n) is 3.19. The summed E-state index contributed by atoms with van der Waals surface area (Å²) in [6.07, 6.45) is 0. The van der Waals surface area contributed by atoms with E-state index >= 15 is 0 Å². The third-order valence-electron chi connectivity index (χ3n) is 4.05. The van der Waals surface area contributed by atoms with E-state index in [-0.39, 0.29) is 11.3 Å². The summed E-state index contributed by atoms with van der Waals surface area (Å²) in [5.41, 5.74) is 8.61. The summed E-state index contributed by atoms with van der Waals surface area (Å²) in [4.78, 5) is 38.3. The van der Waals surface area contributed by atoms with Crippen molar-refractivity contribution in [1.82, 2.24) is 10.9 Å². The summed E-state index contributed by atoms with van der Waals surface area (Å²) in [5.74, 6) is -1.60. The number of nitrogens with one attached hydrogen (secondary N) is 2. The molecular weight excluding hydrogens is 298 g/mol. The van der Waals surface area contributed by atoms with Crippen LogP contribution in [0.2, 0.25) is 0 Å². The first-order chi connectivity index (χ1) is 10.9. The first-order valence-corrected chi connectivity index (χ1v) is 7.17. The van der Waals surface area contributed by atoms with Crippen LogP contribution < -0.4 is 15.8 Å². The van der Waals surface area contributed by atoms with Gasteiger partial charge in [-0.3, -0.25) is 9.59 Å². The zero-order valence-electron chi connectivity index (χ0n) is 13.3. The minimum absolute atomic E-state index is 0.0132. The van der Waals surface area contributed by atoms with E-state index in [0.717, 1.165) is 21.6 Å². The highest BCUT2D eigenvalue weighted by Gasteiger charge is 2.51. The summed E-state index contributed by atoms with van der Waals surface area (Å²) >= 11 is 0. The maximum atomic E-state index is 12.8. The van der Waals surface area contributed by atoms with Gasteiger partial charge in [-0.2, -0.15) is 0 Å². The third kappa shape index (κ3) is 2.12. The monoisotopic (exact) mass is 315 g/mol. The van der Waals surface area contributed by atoms with E-state index in [1.807, 2.05) is 32.9 Å². The van der Waals surface area contributed by atoms with Crippen LogP contribution in [-0.4, -0.2) is 30.9 Å². The summed E-state index contributed by atoms with van der Waals surface area (Å²) < 4.78 is 4.65. The topological polar surface area (TPSA) is 87.7 Å². The number of fused-ring (bicyclic) bond motifs is 1. The van der Waals surface area contributed by atoms with Gasteiger partial charge in [0.2, 0.25) is 0 Å². The van der Waals surface area contributed by atoms with Crippen LogP contribution in [-0.2, 0) is 19.1 Å². The van der Waals surface area contributed by atoms with Crippen molar-refractivity contribution < 1.29 is 19.1 Å². The zero-order valence-corrected chi connectivity index (χ0v) is 13.3. The number of carbonyl (C=O) groups is 3. The molecule has 23 heavy (non-hydrogen) atoms. The molecule has 2 N–H and O–H groups in total.